The standard InChI is InChI=1S/C16H20N2O3/c17-12-14-3-5-15(6-4-14)21-11-1-2-13-7-9-18(10-8-13)16(19)20/h3-6,13H,1-2,7-11H2,(H,19,20)/p-1. The van der Waals surface area contributed by atoms with Crippen LogP contribution in [0.1, 0.15) is 31.2 Å². The van der Waals surface area contributed by atoms with Crippen LogP contribution >= 0.6 is 0 Å². The third-order valence-corrected chi connectivity index (χ3v) is 3.88. The number of ether oxygens (including phenoxy) is 1. The van der Waals surface area contributed by atoms with Gasteiger partial charge in [-0.05, 0) is 55.9 Å². The monoisotopic (exact) mass is 287 g/mol. The molecule has 1 aliphatic heterocycles. The van der Waals surface area contributed by atoms with Gasteiger partial charge in [0.15, 0.2) is 0 Å². The zero-order valence-corrected chi connectivity index (χ0v) is 12.0. The molecule has 0 unspecified atom stereocenters. The Morgan fingerprint density at radius 1 is 1.33 bits per heavy atom. The van der Waals surface area contributed by atoms with E-state index in [0.29, 0.717) is 31.2 Å². The first-order valence-electron chi connectivity index (χ1n) is 7.28. The summed E-state index contributed by atoms with van der Waals surface area (Å²) in [4.78, 5) is 12.1. The van der Waals surface area contributed by atoms with Gasteiger partial charge in [0.2, 0.25) is 0 Å². The summed E-state index contributed by atoms with van der Waals surface area (Å²) >= 11 is 0. The highest BCUT2D eigenvalue weighted by molar-refractivity contribution is 5.62. The summed E-state index contributed by atoms with van der Waals surface area (Å²) in [5, 5.41) is 19.4. The lowest BCUT2D eigenvalue weighted by molar-refractivity contribution is -0.266. The minimum Gasteiger partial charge on any atom is -0.530 e. The zero-order valence-electron chi connectivity index (χ0n) is 12.0. The van der Waals surface area contributed by atoms with Gasteiger partial charge in [-0.1, -0.05) is 0 Å². The van der Waals surface area contributed by atoms with Gasteiger partial charge < -0.3 is 19.5 Å². The van der Waals surface area contributed by atoms with Crippen molar-refractivity contribution in [2.24, 2.45) is 5.92 Å². The fourth-order valence-electron chi connectivity index (χ4n) is 2.59. The summed E-state index contributed by atoms with van der Waals surface area (Å²) in [6.45, 7) is 1.82. The van der Waals surface area contributed by atoms with Crippen LogP contribution in [0, 0.1) is 17.2 Å². The summed E-state index contributed by atoms with van der Waals surface area (Å²) in [5.41, 5.74) is 0.627. The minimum absolute atomic E-state index is 0.574. The number of nitriles is 1. The van der Waals surface area contributed by atoms with Crippen molar-refractivity contribution in [3.63, 3.8) is 0 Å². The van der Waals surface area contributed by atoms with E-state index in [2.05, 4.69) is 6.07 Å². The molecule has 0 N–H and O–H groups in total. The summed E-state index contributed by atoms with van der Waals surface area (Å²) < 4.78 is 5.63. The van der Waals surface area contributed by atoms with E-state index >= 15 is 0 Å². The van der Waals surface area contributed by atoms with Crippen molar-refractivity contribution in [1.29, 1.82) is 5.26 Å². The molecule has 2 rings (SSSR count). The summed E-state index contributed by atoms with van der Waals surface area (Å²) in [6.07, 6.45) is 2.76. The Kier molecular flexibility index (Phi) is 5.44. The molecule has 0 aliphatic carbocycles. The van der Waals surface area contributed by atoms with E-state index in [1.165, 1.54) is 4.90 Å². The van der Waals surface area contributed by atoms with Crippen LogP contribution in [0.4, 0.5) is 4.79 Å². The van der Waals surface area contributed by atoms with Gasteiger partial charge in [0.1, 0.15) is 11.8 Å². The summed E-state index contributed by atoms with van der Waals surface area (Å²) in [5.74, 6) is 1.35. The molecule has 1 aliphatic rings. The van der Waals surface area contributed by atoms with Crippen LogP contribution in [0.25, 0.3) is 0 Å². The van der Waals surface area contributed by atoms with E-state index in [9.17, 15) is 9.90 Å². The van der Waals surface area contributed by atoms with E-state index < -0.39 is 6.09 Å². The number of benzene rings is 1. The number of nitrogens with zero attached hydrogens (tertiary/aromatic N) is 2. The number of likely N-dealkylation sites (tertiary alicyclic amines) is 1. The molecule has 0 atom stereocenters. The third kappa shape index (κ3) is 4.67. The van der Waals surface area contributed by atoms with E-state index in [1.54, 1.807) is 24.3 Å². The molecule has 1 amide bonds. The van der Waals surface area contributed by atoms with Crippen LogP contribution < -0.4 is 9.84 Å². The number of carbonyl (C=O) groups excluding carboxylic acids is 1. The molecule has 1 aromatic carbocycles. The Bertz CT molecular complexity index is 499. The lowest BCUT2D eigenvalue weighted by Crippen LogP contribution is -2.45. The van der Waals surface area contributed by atoms with Gasteiger partial charge in [-0.3, -0.25) is 0 Å². The minimum atomic E-state index is -1.06. The highest BCUT2D eigenvalue weighted by Crippen LogP contribution is 2.22. The molecule has 1 heterocycles. The van der Waals surface area contributed by atoms with Crippen molar-refractivity contribution in [2.75, 3.05) is 19.7 Å². The molecule has 0 radical (unpaired) electrons. The Labute approximate surface area is 124 Å². The zero-order chi connectivity index (χ0) is 15.1. The lowest BCUT2D eigenvalue weighted by Gasteiger charge is -2.33. The van der Waals surface area contributed by atoms with E-state index in [0.717, 1.165) is 31.4 Å². The molecular weight excluding hydrogens is 268 g/mol. The Hall–Kier alpha value is -2.22. The van der Waals surface area contributed by atoms with Gasteiger partial charge in [-0.25, -0.2) is 0 Å². The molecule has 1 saturated heterocycles. The molecule has 5 heteroatoms. The Balaban J connectivity index is 1.62. The van der Waals surface area contributed by atoms with Crippen molar-refractivity contribution in [2.45, 2.75) is 25.7 Å². The first-order chi connectivity index (χ1) is 10.2. The normalized spacial score (nSPS) is 15.5. The van der Waals surface area contributed by atoms with Crippen LogP contribution in [0.2, 0.25) is 0 Å². The molecule has 1 fully saturated rings. The maximum absolute atomic E-state index is 10.7. The number of hydrogen-bond donors (Lipinski definition) is 0. The molecule has 0 saturated carbocycles. The van der Waals surface area contributed by atoms with Gasteiger partial charge >= 0.3 is 0 Å². The molecule has 0 bridgehead atoms. The van der Waals surface area contributed by atoms with Gasteiger partial charge in [-0.15, -0.1) is 0 Å². The second-order valence-corrected chi connectivity index (χ2v) is 5.32. The molecule has 112 valence electrons. The Morgan fingerprint density at radius 2 is 2.00 bits per heavy atom. The number of piperidine rings is 1. The number of amides is 1. The van der Waals surface area contributed by atoms with Crippen molar-refractivity contribution in [3.05, 3.63) is 29.8 Å². The summed E-state index contributed by atoms with van der Waals surface area (Å²) in [7, 11) is 0. The number of rotatable bonds is 5. The van der Waals surface area contributed by atoms with Crippen LogP contribution in [-0.2, 0) is 0 Å². The number of carbonyl (C=O) groups is 1. The van der Waals surface area contributed by atoms with Gasteiger partial charge in [0, 0.05) is 13.1 Å². The maximum atomic E-state index is 10.7. The smallest absolute Gasteiger partial charge is 0.136 e. The summed E-state index contributed by atoms with van der Waals surface area (Å²) in [6, 6.07) is 9.16. The van der Waals surface area contributed by atoms with Gasteiger partial charge in [0.25, 0.3) is 0 Å². The average Bonchev–Trinajstić information content (AvgIpc) is 2.52. The highest BCUT2D eigenvalue weighted by atomic mass is 16.5. The lowest BCUT2D eigenvalue weighted by atomic mass is 9.92. The molecule has 21 heavy (non-hydrogen) atoms. The first-order valence-corrected chi connectivity index (χ1v) is 7.28. The van der Waals surface area contributed by atoms with Gasteiger partial charge in [0.05, 0.1) is 18.2 Å². The fraction of sp³-hybridized carbons (Fsp3) is 0.500. The van der Waals surface area contributed by atoms with Gasteiger partial charge in [-0.2, -0.15) is 5.26 Å². The van der Waals surface area contributed by atoms with Crippen molar-refractivity contribution < 1.29 is 14.6 Å². The van der Waals surface area contributed by atoms with Crippen molar-refractivity contribution in [1.82, 2.24) is 4.90 Å². The predicted molar refractivity (Wildman–Crippen MR) is 75.6 cm³/mol. The fourth-order valence-corrected chi connectivity index (χ4v) is 2.59. The second kappa shape index (κ2) is 7.53. The van der Waals surface area contributed by atoms with Crippen LogP contribution in [0.5, 0.6) is 5.75 Å². The highest BCUT2D eigenvalue weighted by Gasteiger charge is 2.18. The quantitative estimate of drug-likeness (QED) is 0.773. The molecule has 1 aromatic rings. The van der Waals surface area contributed by atoms with Crippen LogP contribution in [0.3, 0.4) is 0 Å². The predicted octanol–water partition coefficient (Wildman–Crippen LogP) is 1.77. The number of hydrogen-bond acceptors (Lipinski definition) is 4. The second-order valence-electron chi connectivity index (χ2n) is 5.32. The average molecular weight is 287 g/mol. The van der Waals surface area contributed by atoms with E-state index in [4.69, 9.17) is 10.00 Å². The van der Waals surface area contributed by atoms with E-state index in [-0.39, 0.29) is 0 Å². The molecule has 0 aromatic heterocycles. The largest absolute Gasteiger partial charge is 0.530 e. The SMILES string of the molecule is N#Cc1ccc(OCCCC2CCN(C(=O)[O-])CC2)cc1. The maximum Gasteiger partial charge on any atom is 0.136 e. The molecule has 0 spiro atoms. The van der Waals surface area contributed by atoms with Crippen LogP contribution in [0.15, 0.2) is 24.3 Å². The Morgan fingerprint density at radius 3 is 2.57 bits per heavy atom. The van der Waals surface area contributed by atoms with E-state index in [1.807, 2.05) is 0 Å². The first kappa shape index (κ1) is 15.2. The third-order valence-electron chi connectivity index (χ3n) is 3.88. The van der Waals surface area contributed by atoms with Crippen molar-refractivity contribution in [3.8, 4) is 11.8 Å². The van der Waals surface area contributed by atoms with Crippen molar-refractivity contribution >= 4 is 6.09 Å². The molecule has 5 nitrogen and oxygen atoms in total. The topological polar surface area (TPSA) is 76.4 Å². The molecular formula is C16H19N2O3-. The number of carboxylic acid groups (broad SMARTS) is 1. The van der Waals surface area contributed by atoms with Crippen LogP contribution in [-0.4, -0.2) is 30.7 Å².